The molecule has 13 heavy (non-hydrogen) atoms. The van der Waals surface area contributed by atoms with Gasteiger partial charge in [-0.15, -0.1) is 12.3 Å². The Morgan fingerprint density at radius 1 is 1.46 bits per heavy atom. The van der Waals surface area contributed by atoms with Crippen LogP contribution in [0.1, 0.15) is 19.3 Å². The second-order valence-corrected chi connectivity index (χ2v) is 4.15. The van der Waals surface area contributed by atoms with E-state index in [9.17, 15) is 0 Å². The van der Waals surface area contributed by atoms with Gasteiger partial charge in [-0.05, 0) is 31.8 Å². The Kier molecular flexibility index (Phi) is 2.87. The fourth-order valence-electron chi connectivity index (χ4n) is 2.55. The molecule has 0 aromatic rings. The number of nitrogens with zero attached hydrogens (tertiary/aromatic N) is 1. The first-order valence-corrected chi connectivity index (χ1v) is 5.29. The van der Waals surface area contributed by atoms with Gasteiger partial charge in [-0.1, -0.05) is 0 Å². The maximum atomic E-state index is 5.26. The highest BCUT2D eigenvalue weighted by molar-refractivity contribution is 4.92. The van der Waals surface area contributed by atoms with E-state index in [-0.39, 0.29) is 0 Å². The third-order valence-corrected chi connectivity index (χ3v) is 3.31. The van der Waals surface area contributed by atoms with Crippen molar-refractivity contribution < 1.29 is 0 Å². The number of hydrogen-bond acceptors (Lipinski definition) is 2. The van der Waals surface area contributed by atoms with Crippen molar-refractivity contribution in [1.29, 1.82) is 0 Å². The van der Waals surface area contributed by atoms with Crippen LogP contribution in [0.4, 0.5) is 0 Å². The Labute approximate surface area is 80.7 Å². The number of hydrogen-bond donors (Lipinski definition) is 1. The summed E-state index contributed by atoms with van der Waals surface area (Å²) in [6.07, 6.45) is 8.84. The highest BCUT2D eigenvalue weighted by atomic mass is 15.2. The summed E-state index contributed by atoms with van der Waals surface area (Å²) < 4.78 is 0. The van der Waals surface area contributed by atoms with E-state index in [1.165, 1.54) is 32.5 Å². The summed E-state index contributed by atoms with van der Waals surface area (Å²) >= 11 is 0. The molecule has 72 valence electrons. The average Bonchev–Trinajstić information content (AvgIpc) is 2.61. The lowest BCUT2D eigenvalue weighted by Gasteiger charge is -2.34. The molecular formula is C11H18N2. The summed E-state index contributed by atoms with van der Waals surface area (Å²) in [6, 6.07) is 0.807. The Morgan fingerprint density at radius 2 is 2.38 bits per heavy atom. The molecule has 0 spiro atoms. The quantitative estimate of drug-likeness (QED) is 0.626. The van der Waals surface area contributed by atoms with Crippen LogP contribution < -0.4 is 5.32 Å². The highest BCUT2D eigenvalue weighted by Crippen LogP contribution is 2.24. The molecule has 0 radical (unpaired) electrons. The molecule has 2 fully saturated rings. The second kappa shape index (κ2) is 4.13. The fourth-order valence-corrected chi connectivity index (χ4v) is 2.55. The van der Waals surface area contributed by atoms with Crippen molar-refractivity contribution in [3.8, 4) is 12.3 Å². The van der Waals surface area contributed by atoms with Gasteiger partial charge in [0.1, 0.15) is 0 Å². The van der Waals surface area contributed by atoms with Crippen molar-refractivity contribution in [1.82, 2.24) is 10.2 Å². The van der Waals surface area contributed by atoms with E-state index < -0.39 is 0 Å². The predicted octanol–water partition coefficient (Wildman–Crippen LogP) is 0.694. The van der Waals surface area contributed by atoms with E-state index in [1.807, 2.05) is 0 Å². The van der Waals surface area contributed by atoms with E-state index in [1.54, 1.807) is 0 Å². The zero-order valence-electron chi connectivity index (χ0n) is 8.13. The maximum absolute atomic E-state index is 5.26. The molecule has 2 atom stereocenters. The normalized spacial score (nSPS) is 34.1. The van der Waals surface area contributed by atoms with Crippen LogP contribution in [0, 0.1) is 18.3 Å². The largest absolute Gasteiger partial charge is 0.314 e. The van der Waals surface area contributed by atoms with Crippen LogP contribution >= 0.6 is 0 Å². The minimum atomic E-state index is 0.807. The van der Waals surface area contributed by atoms with Gasteiger partial charge in [-0.2, -0.15) is 0 Å². The average molecular weight is 178 g/mol. The first-order valence-electron chi connectivity index (χ1n) is 5.29. The number of fused-ring (bicyclic) bond motifs is 1. The van der Waals surface area contributed by atoms with Crippen molar-refractivity contribution in [3.05, 3.63) is 0 Å². The van der Waals surface area contributed by atoms with Gasteiger partial charge in [0, 0.05) is 25.6 Å². The Hall–Kier alpha value is -0.520. The zero-order valence-corrected chi connectivity index (χ0v) is 8.13. The van der Waals surface area contributed by atoms with Gasteiger partial charge in [-0.3, -0.25) is 0 Å². The van der Waals surface area contributed by atoms with Crippen LogP contribution in [0.25, 0.3) is 0 Å². The lowest BCUT2D eigenvalue weighted by atomic mass is 9.93. The molecule has 0 saturated carbocycles. The highest BCUT2D eigenvalue weighted by Gasteiger charge is 2.31. The topological polar surface area (TPSA) is 15.3 Å². The van der Waals surface area contributed by atoms with Crippen LogP contribution in [-0.4, -0.2) is 37.1 Å². The first-order chi connectivity index (χ1) is 6.40. The van der Waals surface area contributed by atoms with Gasteiger partial charge < -0.3 is 10.2 Å². The maximum Gasteiger partial charge on any atom is 0.0214 e. The van der Waals surface area contributed by atoms with Gasteiger partial charge >= 0.3 is 0 Å². The van der Waals surface area contributed by atoms with E-state index in [0.29, 0.717) is 0 Å². The summed E-state index contributed by atoms with van der Waals surface area (Å²) in [5.41, 5.74) is 0. The second-order valence-electron chi connectivity index (χ2n) is 4.15. The lowest BCUT2D eigenvalue weighted by Crippen LogP contribution is -2.44. The first kappa shape index (κ1) is 9.05. The SMILES string of the molecule is C#CCCN1CCC2NCCC2C1. The van der Waals surface area contributed by atoms with Gasteiger partial charge in [0.15, 0.2) is 0 Å². The Bertz CT molecular complexity index is 207. The number of rotatable bonds is 2. The van der Waals surface area contributed by atoms with Crippen LogP contribution in [0.3, 0.4) is 0 Å². The lowest BCUT2D eigenvalue weighted by molar-refractivity contribution is 0.166. The zero-order chi connectivity index (χ0) is 9.10. The molecule has 2 aliphatic heterocycles. The van der Waals surface area contributed by atoms with Crippen LogP contribution in [0.15, 0.2) is 0 Å². The standard InChI is InChI=1S/C11H18N2/c1-2-3-7-13-8-5-11-10(9-13)4-6-12-11/h1,10-12H,3-9H2. The van der Waals surface area contributed by atoms with Crippen molar-refractivity contribution in [2.45, 2.75) is 25.3 Å². The van der Waals surface area contributed by atoms with Crippen molar-refractivity contribution in [2.24, 2.45) is 5.92 Å². The third-order valence-electron chi connectivity index (χ3n) is 3.31. The summed E-state index contributed by atoms with van der Waals surface area (Å²) in [7, 11) is 0. The minimum Gasteiger partial charge on any atom is -0.314 e. The van der Waals surface area contributed by atoms with E-state index in [0.717, 1.165) is 24.9 Å². The molecule has 2 rings (SSSR count). The van der Waals surface area contributed by atoms with Gasteiger partial charge in [0.2, 0.25) is 0 Å². The smallest absolute Gasteiger partial charge is 0.0214 e. The van der Waals surface area contributed by atoms with E-state index >= 15 is 0 Å². The summed E-state index contributed by atoms with van der Waals surface area (Å²) in [5, 5.41) is 3.57. The summed E-state index contributed by atoms with van der Waals surface area (Å²) in [5.74, 6) is 3.61. The van der Waals surface area contributed by atoms with Crippen molar-refractivity contribution in [3.63, 3.8) is 0 Å². The molecule has 0 bridgehead atoms. The number of nitrogens with one attached hydrogen (secondary N) is 1. The Balaban J connectivity index is 1.80. The predicted molar refractivity (Wildman–Crippen MR) is 54.4 cm³/mol. The number of piperidine rings is 1. The van der Waals surface area contributed by atoms with Crippen LogP contribution in [0.2, 0.25) is 0 Å². The van der Waals surface area contributed by atoms with Gasteiger partial charge in [0.25, 0.3) is 0 Å². The molecule has 2 saturated heterocycles. The van der Waals surface area contributed by atoms with E-state index in [4.69, 9.17) is 6.42 Å². The molecule has 2 aliphatic rings. The van der Waals surface area contributed by atoms with Gasteiger partial charge in [0.05, 0.1) is 0 Å². The Morgan fingerprint density at radius 3 is 3.23 bits per heavy atom. The third kappa shape index (κ3) is 2.04. The molecule has 0 aromatic carbocycles. The number of likely N-dealkylation sites (tertiary alicyclic amines) is 1. The molecule has 0 aromatic heterocycles. The minimum absolute atomic E-state index is 0.807. The van der Waals surface area contributed by atoms with Gasteiger partial charge in [-0.25, -0.2) is 0 Å². The fraction of sp³-hybridized carbons (Fsp3) is 0.818. The number of terminal acetylenes is 1. The van der Waals surface area contributed by atoms with Crippen molar-refractivity contribution in [2.75, 3.05) is 26.2 Å². The molecule has 2 nitrogen and oxygen atoms in total. The monoisotopic (exact) mass is 178 g/mol. The molecule has 2 heterocycles. The summed E-state index contributed by atoms with van der Waals surface area (Å²) in [4.78, 5) is 2.52. The van der Waals surface area contributed by atoms with Crippen molar-refractivity contribution >= 4 is 0 Å². The van der Waals surface area contributed by atoms with Crippen LogP contribution in [0.5, 0.6) is 0 Å². The molecule has 2 heteroatoms. The molecule has 0 aliphatic carbocycles. The van der Waals surface area contributed by atoms with Crippen LogP contribution in [-0.2, 0) is 0 Å². The van der Waals surface area contributed by atoms with E-state index in [2.05, 4.69) is 16.1 Å². The molecule has 1 N–H and O–H groups in total. The summed E-state index contributed by atoms with van der Waals surface area (Å²) in [6.45, 7) is 4.81. The molecule has 0 amide bonds. The molecule has 2 unspecified atom stereocenters. The molecular weight excluding hydrogens is 160 g/mol.